The summed E-state index contributed by atoms with van der Waals surface area (Å²) in [6.07, 6.45) is 3.04. The largest absolute Gasteiger partial charge is 0.444 e. The molecule has 0 N–H and O–H groups in total. The zero-order valence-electron chi connectivity index (χ0n) is 18.1. The van der Waals surface area contributed by atoms with Crippen LogP contribution in [0.1, 0.15) is 20.8 Å². The maximum absolute atomic E-state index is 13.3. The van der Waals surface area contributed by atoms with Gasteiger partial charge in [0.1, 0.15) is 17.1 Å². The predicted octanol–water partition coefficient (Wildman–Crippen LogP) is 3.27. The molecule has 0 unspecified atom stereocenters. The molecule has 2 heterocycles. The van der Waals surface area contributed by atoms with Gasteiger partial charge in [0, 0.05) is 64.3 Å². The summed E-state index contributed by atoms with van der Waals surface area (Å²) in [4.78, 5) is 27.3. The molecule has 30 heavy (non-hydrogen) atoms. The van der Waals surface area contributed by atoms with E-state index in [1.54, 1.807) is 36.5 Å². The van der Waals surface area contributed by atoms with Gasteiger partial charge in [-0.2, -0.15) is 0 Å². The Labute approximate surface area is 177 Å². The van der Waals surface area contributed by atoms with Gasteiger partial charge in [0.15, 0.2) is 5.82 Å². The molecule has 1 aromatic carbocycles. The van der Waals surface area contributed by atoms with Crippen LogP contribution in [-0.4, -0.2) is 77.8 Å². The average molecular weight is 416 g/mol. The molecule has 1 aliphatic rings. The van der Waals surface area contributed by atoms with Crippen molar-refractivity contribution in [2.45, 2.75) is 26.4 Å². The molecular formula is C22H30FN5O2. The van der Waals surface area contributed by atoms with Crippen LogP contribution >= 0.6 is 0 Å². The fourth-order valence-corrected chi connectivity index (χ4v) is 3.28. The molecular weight excluding hydrogens is 385 g/mol. The fourth-order valence-electron chi connectivity index (χ4n) is 3.28. The number of piperazine rings is 1. The Morgan fingerprint density at radius 1 is 1.10 bits per heavy atom. The van der Waals surface area contributed by atoms with Crippen molar-refractivity contribution < 1.29 is 13.9 Å². The zero-order chi connectivity index (χ0) is 21.7. The topological polar surface area (TPSA) is 61.8 Å². The van der Waals surface area contributed by atoms with Crippen LogP contribution in [0, 0.1) is 5.82 Å². The first-order chi connectivity index (χ1) is 14.2. The first-order valence-corrected chi connectivity index (χ1v) is 10.2. The van der Waals surface area contributed by atoms with Crippen LogP contribution in [0.5, 0.6) is 0 Å². The van der Waals surface area contributed by atoms with Crippen LogP contribution in [0.2, 0.25) is 0 Å². The van der Waals surface area contributed by atoms with Gasteiger partial charge in [-0.25, -0.2) is 14.2 Å². The molecule has 7 nitrogen and oxygen atoms in total. The maximum Gasteiger partial charge on any atom is 0.410 e. The fraction of sp³-hybridized carbons (Fsp3) is 0.500. The van der Waals surface area contributed by atoms with Gasteiger partial charge in [-0.15, -0.1) is 0 Å². The molecule has 162 valence electrons. The predicted molar refractivity (Wildman–Crippen MR) is 115 cm³/mol. The number of anilines is 1. The van der Waals surface area contributed by atoms with Gasteiger partial charge in [0.2, 0.25) is 0 Å². The normalized spacial score (nSPS) is 15.2. The molecule has 0 atom stereocenters. The van der Waals surface area contributed by atoms with Crippen molar-refractivity contribution in [3.8, 4) is 11.3 Å². The van der Waals surface area contributed by atoms with Gasteiger partial charge < -0.3 is 14.5 Å². The summed E-state index contributed by atoms with van der Waals surface area (Å²) >= 11 is 0. The molecule has 0 saturated carbocycles. The van der Waals surface area contributed by atoms with E-state index in [0.29, 0.717) is 6.54 Å². The Hall–Kier alpha value is -2.74. The van der Waals surface area contributed by atoms with E-state index in [1.165, 1.54) is 12.1 Å². The lowest BCUT2D eigenvalue weighted by atomic mass is 10.1. The lowest BCUT2D eigenvalue weighted by molar-refractivity contribution is 0.0282. The van der Waals surface area contributed by atoms with Gasteiger partial charge in [0.05, 0.1) is 0 Å². The monoisotopic (exact) mass is 415 g/mol. The minimum Gasteiger partial charge on any atom is -0.444 e. The number of halogens is 1. The second-order valence-electron chi connectivity index (χ2n) is 8.47. The molecule has 1 aliphatic heterocycles. The molecule has 0 bridgehead atoms. The summed E-state index contributed by atoms with van der Waals surface area (Å²) in [5, 5.41) is 0. The number of likely N-dealkylation sites (N-methyl/N-ethyl adjacent to an activating group) is 1. The minimum absolute atomic E-state index is 0.269. The summed E-state index contributed by atoms with van der Waals surface area (Å²) in [6, 6.07) is 6.33. The number of hydrogen-bond acceptors (Lipinski definition) is 6. The lowest BCUT2D eigenvalue weighted by Crippen LogP contribution is -2.49. The summed E-state index contributed by atoms with van der Waals surface area (Å²) in [5.74, 6) is 0.545. The molecule has 8 heteroatoms. The lowest BCUT2D eigenvalue weighted by Gasteiger charge is -2.36. The van der Waals surface area contributed by atoms with Crippen molar-refractivity contribution in [1.29, 1.82) is 0 Å². The van der Waals surface area contributed by atoms with E-state index in [0.717, 1.165) is 49.8 Å². The average Bonchev–Trinajstić information content (AvgIpc) is 2.72. The summed E-state index contributed by atoms with van der Waals surface area (Å²) < 4.78 is 18.7. The molecule has 2 aromatic rings. The number of carbonyl (C=O) groups is 1. The highest BCUT2D eigenvalue weighted by Gasteiger charge is 2.23. The van der Waals surface area contributed by atoms with Crippen LogP contribution in [0.15, 0.2) is 36.7 Å². The van der Waals surface area contributed by atoms with Crippen LogP contribution in [0.4, 0.5) is 15.0 Å². The Balaban J connectivity index is 1.55. The molecule has 1 saturated heterocycles. The van der Waals surface area contributed by atoms with E-state index >= 15 is 0 Å². The summed E-state index contributed by atoms with van der Waals surface area (Å²) in [7, 11) is 1.76. The minimum atomic E-state index is -0.490. The molecule has 0 spiro atoms. The van der Waals surface area contributed by atoms with E-state index in [4.69, 9.17) is 4.74 Å². The Morgan fingerprint density at radius 3 is 2.37 bits per heavy atom. The first kappa shape index (κ1) is 22.0. The first-order valence-electron chi connectivity index (χ1n) is 10.2. The van der Waals surface area contributed by atoms with Crippen LogP contribution < -0.4 is 4.90 Å². The van der Waals surface area contributed by atoms with E-state index < -0.39 is 5.60 Å². The highest BCUT2D eigenvalue weighted by atomic mass is 19.1. The van der Waals surface area contributed by atoms with E-state index in [2.05, 4.69) is 19.8 Å². The van der Waals surface area contributed by atoms with E-state index in [-0.39, 0.29) is 11.9 Å². The Kier molecular flexibility index (Phi) is 6.87. The zero-order valence-corrected chi connectivity index (χ0v) is 18.1. The second kappa shape index (κ2) is 9.38. The van der Waals surface area contributed by atoms with Crippen molar-refractivity contribution in [2.75, 3.05) is 51.2 Å². The number of benzene rings is 1. The molecule has 0 radical (unpaired) electrons. The third kappa shape index (κ3) is 5.89. The van der Waals surface area contributed by atoms with Gasteiger partial charge in [-0.3, -0.25) is 9.88 Å². The highest BCUT2D eigenvalue weighted by Crippen LogP contribution is 2.27. The van der Waals surface area contributed by atoms with Crippen molar-refractivity contribution in [2.24, 2.45) is 0 Å². The number of hydrogen-bond donors (Lipinski definition) is 0. The number of aromatic nitrogens is 2. The molecule has 1 fully saturated rings. The van der Waals surface area contributed by atoms with Crippen molar-refractivity contribution in [1.82, 2.24) is 19.8 Å². The molecule has 3 rings (SSSR count). The smallest absolute Gasteiger partial charge is 0.410 e. The van der Waals surface area contributed by atoms with E-state index in [1.807, 2.05) is 20.8 Å². The number of carbonyl (C=O) groups excluding carboxylic acids is 1. The van der Waals surface area contributed by atoms with Crippen LogP contribution in [0.25, 0.3) is 11.3 Å². The third-order valence-electron chi connectivity index (χ3n) is 4.93. The molecule has 1 aromatic heterocycles. The van der Waals surface area contributed by atoms with Crippen LogP contribution in [0.3, 0.4) is 0 Å². The third-order valence-corrected chi connectivity index (χ3v) is 4.93. The molecule has 1 amide bonds. The van der Waals surface area contributed by atoms with Gasteiger partial charge in [0.25, 0.3) is 0 Å². The molecule has 0 aliphatic carbocycles. The number of rotatable bonds is 5. The SMILES string of the molecule is CN(CCN1CCN(c2nccnc2-c2ccc(F)cc2)CC1)C(=O)OC(C)(C)C. The quantitative estimate of drug-likeness (QED) is 0.747. The number of amides is 1. The van der Waals surface area contributed by atoms with Gasteiger partial charge in [-0.1, -0.05) is 0 Å². The Morgan fingerprint density at radius 2 is 1.73 bits per heavy atom. The number of nitrogens with zero attached hydrogens (tertiary/aromatic N) is 5. The number of ether oxygens (including phenoxy) is 1. The standard InChI is InChI=1S/C22H30FN5O2/c1-22(2,3)30-21(29)26(4)11-12-27-13-15-28(16-14-27)20-19(24-9-10-25-20)17-5-7-18(23)8-6-17/h5-10H,11-16H2,1-4H3. The van der Waals surface area contributed by atoms with Crippen molar-refractivity contribution >= 4 is 11.9 Å². The Bertz CT molecular complexity index is 845. The maximum atomic E-state index is 13.3. The van der Waals surface area contributed by atoms with Crippen LogP contribution in [-0.2, 0) is 4.74 Å². The summed E-state index contributed by atoms with van der Waals surface area (Å²) in [6.45, 7) is 10.3. The second-order valence-corrected chi connectivity index (χ2v) is 8.47. The highest BCUT2D eigenvalue weighted by molar-refractivity contribution is 5.72. The van der Waals surface area contributed by atoms with Gasteiger partial charge >= 0.3 is 6.09 Å². The van der Waals surface area contributed by atoms with E-state index in [9.17, 15) is 9.18 Å². The van der Waals surface area contributed by atoms with Crippen molar-refractivity contribution in [3.63, 3.8) is 0 Å². The summed E-state index contributed by atoms with van der Waals surface area (Å²) in [5.41, 5.74) is 1.12. The van der Waals surface area contributed by atoms with Crippen molar-refractivity contribution in [3.05, 3.63) is 42.5 Å². The van der Waals surface area contributed by atoms with Gasteiger partial charge in [-0.05, 0) is 45.0 Å².